The van der Waals surface area contributed by atoms with Gasteiger partial charge in [-0.25, -0.2) is 4.79 Å². The molecule has 5 amide bonds. The van der Waals surface area contributed by atoms with Crippen molar-refractivity contribution in [2.24, 2.45) is 17.2 Å². The molecule has 0 aromatic rings. The predicted octanol–water partition coefficient (Wildman–Crippen LogP) is -4.28. The van der Waals surface area contributed by atoms with Crippen LogP contribution >= 0.6 is 0 Å². The van der Waals surface area contributed by atoms with E-state index in [0.29, 0.717) is 0 Å². The number of carboxylic acid groups (broad SMARTS) is 3. The Kier molecular flexibility index (Phi) is 13.7. The second kappa shape index (κ2) is 15.6. The molecule has 0 spiro atoms. The molecule has 0 aromatic carbocycles. The maximum atomic E-state index is 12.8. The summed E-state index contributed by atoms with van der Waals surface area (Å²) in [5, 5.41) is 33.1. The average molecular weight is 518 g/mol. The molecule has 0 aromatic heterocycles. The molecule has 0 saturated carbocycles. The molecule has 202 valence electrons. The molecule has 0 rings (SSSR count). The molecule has 0 radical (unpaired) electrons. The molecule has 0 fully saturated rings. The highest BCUT2D eigenvalue weighted by Gasteiger charge is 2.31. The average Bonchev–Trinajstić information content (AvgIpc) is 2.75. The van der Waals surface area contributed by atoms with Gasteiger partial charge in [-0.15, -0.1) is 0 Å². The molecular weight excluding hydrogens is 488 g/mol. The first-order chi connectivity index (χ1) is 16.6. The summed E-state index contributed by atoms with van der Waals surface area (Å²) in [6, 6.07) is -6.23. The van der Waals surface area contributed by atoms with E-state index in [4.69, 9.17) is 32.5 Å². The van der Waals surface area contributed by atoms with Crippen molar-refractivity contribution in [1.29, 1.82) is 0 Å². The number of primary amides is 2. The highest BCUT2D eigenvalue weighted by atomic mass is 16.4. The van der Waals surface area contributed by atoms with E-state index < -0.39 is 110 Å². The van der Waals surface area contributed by atoms with Crippen LogP contribution in [-0.2, 0) is 38.4 Å². The number of aliphatic carboxylic acids is 3. The summed E-state index contributed by atoms with van der Waals surface area (Å²) in [5.41, 5.74) is 15.6. The third kappa shape index (κ3) is 13.4. The van der Waals surface area contributed by atoms with Crippen LogP contribution in [0.1, 0.15) is 44.9 Å². The fraction of sp³-hybridized carbons (Fsp3) is 0.579. The van der Waals surface area contributed by atoms with E-state index in [2.05, 4.69) is 10.6 Å². The highest BCUT2D eigenvalue weighted by Crippen LogP contribution is 2.05. The Morgan fingerprint density at radius 2 is 1.00 bits per heavy atom. The molecule has 17 heteroatoms. The van der Waals surface area contributed by atoms with Crippen molar-refractivity contribution < 1.29 is 53.7 Å². The van der Waals surface area contributed by atoms with E-state index in [9.17, 15) is 38.4 Å². The van der Waals surface area contributed by atoms with Crippen molar-refractivity contribution in [3.05, 3.63) is 0 Å². The van der Waals surface area contributed by atoms with E-state index >= 15 is 0 Å². The van der Waals surface area contributed by atoms with Gasteiger partial charge in [-0.1, -0.05) is 0 Å². The van der Waals surface area contributed by atoms with Crippen molar-refractivity contribution in [1.82, 2.24) is 16.0 Å². The van der Waals surface area contributed by atoms with Gasteiger partial charge in [0.25, 0.3) is 0 Å². The number of carboxylic acids is 3. The van der Waals surface area contributed by atoms with Crippen molar-refractivity contribution in [3.8, 4) is 0 Å². The molecule has 0 heterocycles. The van der Waals surface area contributed by atoms with Gasteiger partial charge in [-0.2, -0.15) is 0 Å². The topological polar surface area (TPSA) is 311 Å². The number of rotatable bonds is 18. The smallest absolute Gasteiger partial charge is 0.326 e. The van der Waals surface area contributed by atoms with E-state index in [1.165, 1.54) is 0 Å². The zero-order valence-electron chi connectivity index (χ0n) is 19.1. The zero-order valence-corrected chi connectivity index (χ0v) is 19.1. The summed E-state index contributed by atoms with van der Waals surface area (Å²) < 4.78 is 0. The summed E-state index contributed by atoms with van der Waals surface area (Å²) >= 11 is 0. The number of amides is 5. The number of hydrogen-bond acceptors (Lipinski definition) is 9. The molecule has 4 atom stereocenters. The number of nitrogens with one attached hydrogen (secondary N) is 3. The predicted molar refractivity (Wildman–Crippen MR) is 117 cm³/mol. The lowest BCUT2D eigenvalue weighted by molar-refractivity contribution is -0.144. The standard InChI is InChI=1S/C19H30N6O11/c20-8(1-5-14(28)29)16(32)23-10(3-6-15(30)31)17(33)24-9(2-4-12(21)26)18(34)25-11(19(35)36)7-13(22)27/h8-11H,1-7,20H2,(H2,21,26)(H2,22,27)(H,23,32)(H,24,33)(H,25,34)(H,28,29)(H,30,31)(H,35,36). The molecule has 17 nitrogen and oxygen atoms in total. The first-order valence-corrected chi connectivity index (χ1v) is 10.5. The van der Waals surface area contributed by atoms with E-state index in [1.54, 1.807) is 0 Å². The Morgan fingerprint density at radius 1 is 0.583 bits per heavy atom. The molecule has 0 aliphatic carbocycles. The second-order valence-electron chi connectivity index (χ2n) is 7.67. The quantitative estimate of drug-likeness (QED) is 0.0832. The van der Waals surface area contributed by atoms with Gasteiger partial charge in [0.2, 0.25) is 29.5 Å². The number of hydrogen-bond donors (Lipinski definition) is 9. The van der Waals surface area contributed by atoms with Crippen LogP contribution in [-0.4, -0.2) is 86.9 Å². The zero-order chi connectivity index (χ0) is 28.0. The largest absolute Gasteiger partial charge is 0.481 e. The van der Waals surface area contributed by atoms with Gasteiger partial charge >= 0.3 is 17.9 Å². The summed E-state index contributed by atoms with van der Waals surface area (Å²) in [7, 11) is 0. The van der Waals surface area contributed by atoms with Crippen LogP contribution in [0.25, 0.3) is 0 Å². The van der Waals surface area contributed by atoms with E-state index in [1.807, 2.05) is 5.32 Å². The van der Waals surface area contributed by atoms with Crippen molar-refractivity contribution in [2.45, 2.75) is 69.1 Å². The van der Waals surface area contributed by atoms with E-state index in [-0.39, 0.29) is 6.42 Å². The summed E-state index contributed by atoms with van der Waals surface area (Å²) in [5.74, 6) is -9.24. The van der Waals surface area contributed by atoms with Crippen molar-refractivity contribution >= 4 is 47.4 Å². The molecular formula is C19H30N6O11. The molecule has 0 saturated heterocycles. The first-order valence-electron chi connectivity index (χ1n) is 10.5. The molecule has 12 N–H and O–H groups in total. The van der Waals surface area contributed by atoms with Gasteiger partial charge in [0.15, 0.2) is 0 Å². The summed E-state index contributed by atoms with van der Waals surface area (Å²) in [6.07, 6.45) is -3.40. The summed E-state index contributed by atoms with van der Waals surface area (Å²) in [6.45, 7) is 0. The monoisotopic (exact) mass is 518 g/mol. The Labute approximate surface area is 204 Å². The fourth-order valence-corrected chi connectivity index (χ4v) is 2.73. The minimum Gasteiger partial charge on any atom is -0.481 e. The molecule has 0 bridgehead atoms. The van der Waals surface area contributed by atoms with Gasteiger partial charge in [0, 0.05) is 19.3 Å². The SMILES string of the molecule is NC(=O)CCC(NC(=O)C(CCC(=O)O)NC(=O)C(N)CCC(=O)O)C(=O)NC(CC(N)=O)C(=O)O. The third-order valence-corrected chi connectivity index (χ3v) is 4.62. The molecule has 0 aliphatic heterocycles. The van der Waals surface area contributed by atoms with Gasteiger partial charge < -0.3 is 48.5 Å². The lowest BCUT2D eigenvalue weighted by Crippen LogP contribution is -2.57. The highest BCUT2D eigenvalue weighted by molar-refractivity contribution is 5.95. The Bertz CT molecular complexity index is 878. The van der Waals surface area contributed by atoms with Crippen LogP contribution in [0.3, 0.4) is 0 Å². The Morgan fingerprint density at radius 3 is 1.42 bits per heavy atom. The third-order valence-electron chi connectivity index (χ3n) is 4.62. The molecule has 36 heavy (non-hydrogen) atoms. The van der Waals surface area contributed by atoms with Crippen molar-refractivity contribution in [3.63, 3.8) is 0 Å². The van der Waals surface area contributed by atoms with Gasteiger partial charge in [-0.05, 0) is 19.3 Å². The van der Waals surface area contributed by atoms with Crippen LogP contribution in [0.2, 0.25) is 0 Å². The first kappa shape index (κ1) is 31.7. The number of carbonyl (C=O) groups excluding carboxylic acids is 5. The van der Waals surface area contributed by atoms with Gasteiger partial charge in [-0.3, -0.25) is 33.6 Å². The lowest BCUT2D eigenvalue weighted by Gasteiger charge is -2.24. The minimum atomic E-state index is -1.75. The van der Waals surface area contributed by atoms with Crippen LogP contribution in [0.4, 0.5) is 0 Å². The Hall–Kier alpha value is -4.28. The van der Waals surface area contributed by atoms with Crippen molar-refractivity contribution in [2.75, 3.05) is 0 Å². The van der Waals surface area contributed by atoms with Crippen LogP contribution in [0, 0.1) is 0 Å². The maximum absolute atomic E-state index is 12.8. The van der Waals surface area contributed by atoms with Crippen LogP contribution in [0.15, 0.2) is 0 Å². The normalized spacial score (nSPS) is 13.8. The van der Waals surface area contributed by atoms with Gasteiger partial charge in [0.1, 0.15) is 18.1 Å². The lowest BCUT2D eigenvalue weighted by atomic mass is 10.1. The fourth-order valence-electron chi connectivity index (χ4n) is 2.73. The van der Waals surface area contributed by atoms with Crippen LogP contribution < -0.4 is 33.2 Å². The van der Waals surface area contributed by atoms with Crippen LogP contribution in [0.5, 0.6) is 0 Å². The van der Waals surface area contributed by atoms with Gasteiger partial charge in [0.05, 0.1) is 12.5 Å². The minimum absolute atomic E-state index is 0.283. The molecule has 0 aliphatic rings. The second-order valence-corrected chi connectivity index (χ2v) is 7.67. The number of carbonyl (C=O) groups is 8. The number of nitrogens with two attached hydrogens (primary N) is 3. The Balaban J connectivity index is 5.64. The maximum Gasteiger partial charge on any atom is 0.326 e. The summed E-state index contributed by atoms with van der Waals surface area (Å²) in [4.78, 5) is 92.8. The van der Waals surface area contributed by atoms with E-state index in [0.717, 1.165) is 0 Å². The molecule has 4 unspecified atom stereocenters.